The fourth-order valence-electron chi connectivity index (χ4n) is 5.63. The molecule has 0 spiro atoms. The SMILES string of the molecule is COc1cc(C=Nc2ccc([C@@H]3Nc4ccc(C)cc4[C@@H]4C=CC[C@@H]43)cc2)ccc1OCc1cccc(Cl)c1. The van der Waals surface area contributed by atoms with E-state index < -0.39 is 0 Å². The zero-order chi connectivity index (χ0) is 26.8. The Balaban J connectivity index is 1.14. The van der Waals surface area contributed by atoms with Gasteiger partial charge in [0.05, 0.1) is 18.8 Å². The molecular formula is C34H31ClN2O2. The van der Waals surface area contributed by atoms with E-state index in [0.717, 1.165) is 23.2 Å². The summed E-state index contributed by atoms with van der Waals surface area (Å²) < 4.78 is 11.6. The molecule has 3 atom stereocenters. The van der Waals surface area contributed by atoms with Crippen LogP contribution in [0.4, 0.5) is 11.4 Å². The summed E-state index contributed by atoms with van der Waals surface area (Å²) in [5.41, 5.74) is 8.12. The van der Waals surface area contributed by atoms with Gasteiger partial charge in [-0.15, -0.1) is 0 Å². The molecule has 0 aromatic heterocycles. The number of allylic oxidation sites excluding steroid dienone is 2. The number of ether oxygens (including phenoxy) is 2. The van der Waals surface area contributed by atoms with Gasteiger partial charge >= 0.3 is 0 Å². The van der Waals surface area contributed by atoms with E-state index in [1.54, 1.807) is 7.11 Å². The molecule has 0 saturated carbocycles. The molecule has 196 valence electrons. The summed E-state index contributed by atoms with van der Waals surface area (Å²) in [6, 6.07) is 29.1. The molecule has 0 amide bonds. The Kier molecular flexibility index (Phi) is 7.12. The van der Waals surface area contributed by atoms with E-state index in [-0.39, 0.29) is 6.04 Å². The van der Waals surface area contributed by atoms with Gasteiger partial charge in [-0.1, -0.05) is 65.7 Å². The third-order valence-electron chi connectivity index (χ3n) is 7.60. The number of nitrogens with one attached hydrogen (secondary N) is 1. The summed E-state index contributed by atoms with van der Waals surface area (Å²) in [6.07, 6.45) is 7.67. The Bertz CT molecular complexity index is 1540. The van der Waals surface area contributed by atoms with Gasteiger partial charge in [-0.25, -0.2) is 0 Å². The number of benzene rings is 4. The molecule has 0 unspecified atom stereocenters. The Morgan fingerprint density at radius 3 is 2.67 bits per heavy atom. The molecule has 6 rings (SSSR count). The summed E-state index contributed by atoms with van der Waals surface area (Å²) in [5.74, 6) is 2.34. The number of rotatable bonds is 7. The highest BCUT2D eigenvalue weighted by Crippen LogP contribution is 2.50. The maximum Gasteiger partial charge on any atom is 0.161 e. The van der Waals surface area contributed by atoms with Crippen molar-refractivity contribution in [3.63, 3.8) is 0 Å². The van der Waals surface area contributed by atoms with Crippen molar-refractivity contribution in [2.24, 2.45) is 10.9 Å². The molecule has 4 nitrogen and oxygen atoms in total. The van der Waals surface area contributed by atoms with Crippen molar-refractivity contribution in [2.75, 3.05) is 12.4 Å². The molecule has 2 aliphatic rings. The lowest BCUT2D eigenvalue weighted by Crippen LogP contribution is -2.29. The summed E-state index contributed by atoms with van der Waals surface area (Å²) in [7, 11) is 1.64. The number of anilines is 1. The van der Waals surface area contributed by atoms with E-state index in [1.165, 1.54) is 22.4 Å². The van der Waals surface area contributed by atoms with Crippen LogP contribution in [0.2, 0.25) is 5.02 Å². The minimum atomic E-state index is 0.280. The first kappa shape index (κ1) is 25.3. The predicted octanol–water partition coefficient (Wildman–Crippen LogP) is 8.81. The number of methoxy groups -OCH3 is 1. The standard InChI is InChI=1S/C34H31ClN2O2/c1-22-9-15-31-30(17-22)28-7-4-8-29(28)34(37-31)25-11-13-27(14-12-25)36-20-23-10-16-32(33(19-23)38-2)39-21-24-5-3-6-26(35)18-24/h3-7,9-20,28-29,34,37H,8,21H2,1-2H3/t28-,29+,34+/m1/s1. The van der Waals surface area contributed by atoms with E-state index in [9.17, 15) is 0 Å². The fourth-order valence-corrected chi connectivity index (χ4v) is 5.85. The molecule has 4 aromatic carbocycles. The van der Waals surface area contributed by atoms with Gasteiger partial charge in [-0.2, -0.15) is 0 Å². The largest absolute Gasteiger partial charge is 0.493 e. The number of nitrogens with zero attached hydrogens (tertiary/aromatic N) is 1. The summed E-state index contributed by atoms with van der Waals surface area (Å²) in [5, 5.41) is 4.51. The van der Waals surface area contributed by atoms with E-state index in [2.05, 4.69) is 66.9 Å². The number of hydrogen-bond acceptors (Lipinski definition) is 4. The van der Waals surface area contributed by atoms with Gasteiger partial charge in [-0.05, 0) is 90.0 Å². The molecule has 0 saturated heterocycles. The normalized spacial score (nSPS) is 19.4. The lowest BCUT2D eigenvalue weighted by molar-refractivity contribution is 0.284. The number of hydrogen-bond donors (Lipinski definition) is 1. The van der Waals surface area contributed by atoms with Crippen LogP contribution in [0.15, 0.2) is 102 Å². The Morgan fingerprint density at radius 1 is 0.974 bits per heavy atom. The highest BCUT2D eigenvalue weighted by molar-refractivity contribution is 6.30. The van der Waals surface area contributed by atoms with Gasteiger partial charge in [0, 0.05) is 22.8 Å². The number of aryl methyl sites for hydroxylation is 1. The molecule has 1 aliphatic carbocycles. The third-order valence-corrected chi connectivity index (χ3v) is 7.84. The van der Waals surface area contributed by atoms with Crippen LogP contribution < -0.4 is 14.8 Å². The first-order valence-electron chi connectivity index (χ1n) is 13.3. The van der Waals surface area contributed by atoms with Gasteiger partial charge in [0.1, 0.15) is 6.61 Å². The van der Waals surface area contributed by atoms with Crippen molar-refractivity contribution in [3.05, 3.63) is 130 Å². The third kappa shape index (κ3) is 5.43. The van der Waals surface area contributed by atoms with Gasteiger partial charge in [0.15, 0.2) is 11.5 Å². The Labute approximate surface area is 235 Å². The van der Waals surface area contributed by atoms with E-state index >= 15 is 0 Å². The first-order chi connectivity index (χ1) is 19.1. The van der Waals surface area contributed by atoms with Gasteiger partial charge in [0.2, 0.25) is 0 Å². The van der Waals surface area contributed by atoms with Gasteiger partial charge in [0.25, 0.3) is 0 Å². The number of halogens is 1. The molecular weight excluding hydrogens is 504 g/mol. The quantitative estimate of drug-likeness (QED) is 0.190. The van der Waals surface area contributed by atoms with Crippen molar-refractivity contribution in [1.82, 2.24) is 0 Å². The topological polar surface area (TPSA) is 42.8 Å². The minimum Gasteiger partial charge on any atom is -0.493 e. The van der Waals surface area contributed by atoms with Crippen molar-refractivity contribution in [1.29, 1.82) is 0 Å². The highest BCUT2D eigenvalue weighted by Gasteiger charge is 2.37. The van der Waals surface area contributed by atoms with Crippen molar-refractivity contribution in [3.8, 4) is 11.5 Å². The molecule has 39 heavy (non-hydrogen) atoms. The van der Waals surface area contributed by atoms with Crippen LogP contribution in [-0.4, -0.2) is 13.3 Å². The average molecular weight is 535 g/mol. The molecule has 1 N–H and O–H groups in total. The van der Waals surface area contributed by atoms with Crippen molar-refractivity contribution in [2.45, 2.75) is 31.9 Å². The Hall–Kier alpha value is -4.02. The van der Waals surface area contributed by atoms with E-state index in [0.29, 0.717) is 35.0 Å². The van der Waals surface area contributed by atoms with Crippen LogP contribution in [0.25, 0.3) is 0 Å². The second-order valence-corrected chi connectivity index (χ2v) is 10.7. The van der Waals surface area contributed by atoms with Gasteiger partial charge in [-0.3, -0.25) is 4.99 Å². The minimum absolute atomic E-state index is 0.280. The van der Waals surface area contributed by atoms with Crippen molar-refractivity contribution >= 4 is 29.2 Å². The lowest BCUT2D eigenvalue weighted by Gasteiger charge is -2.37. The maximum absolute atomic E-state index is 6.08. The van der Waals surface area contributed by atoms with Crippen LogP contribution in [0, 0.1) is 12.8 Å². The molecule has 0 fully saturated rings. The number of aliphatic imine (C=N–C) groups is 1. The molecule has 1 aliphatic heterocycles. The molecule has 1 heterocycles. The van der Waals surface area contributed by atoms with Gasteiger partial charge < -0.3 is 14.8 Å². The van der Waals surface area contributed by atoms with Crippen LogP contribution in [0.5, 0.6) is 11.5 Å². The lowest BCUT2D eigenvalue weighted by atomic mass is 9.76. The second-order valence-electron chi connectivity index (χ2n) is 10.2. The molecule has 4 aromatic rings. The predicted molar refractivity (Wildman–Crippen MR) is 160 cm³/mol. The van der Waals surface area contributed by atoms with E-state index in [4.69, 9.17) is 26.1 Å². The van der Waals surface area contributed by atoms with Crippen LogP contribution in [-0.2, 0) is 6.61 Å². The van der Waals surface area contributed by atoms with Crippen molar-refractivity contribution < 1.29 is 9.47 Å². The molecule has 5 heteroatoms. The van der Waals surface area contributed by atoms with Crippen LogP contribution in [0.1, 0.15) is 46.2 Å². The molecule has 0 bridgehead atoms. The van der Waals surface area contributed by atoms with Crippen LogP contribution >= 0.6 is 11.6 Å². The fraction of sp³-hybridized carbons (Fsp3) is 0.206. The zero-order valence-corrected chi connectivity index (χ0v) is 22.9. The number of fused-ring (bicyclic) bond motifs is 3. The Morgan fingerprint density at radius 2 is 1.85 bits per heavy atom. The van der Waals surface area contributed by atoms with Crippen LogP contribution in [0.3, 0.4) is 0 Å². The summed E-state index contributed by atoms with van der Waals surface area (Å²) >= 11 is 6.08. The maximum atomic E-state index is 6.08. The average Bonchev–Trinajstić information content (AvgIpc) is 3.46. The second kappa shape index (κ2) is 11.0. The smallest absolute Gasteiger partial charge is 0.161 e. The monoisotopic (exact) mass is 534 g/mol. The molecule has 0 radical (unpaired) electrons. The van der Waals surface area contributed by atoms with E-state index in [1.807, 2.05) is 48.7 Å². The first-order valence-corrected chi connectivity index (χ1v) is 13.7. The highest BCUT2D eigenvalue weighted by atomic mass is 35.5. The summed E-state index contributed by atoms with van der Waals surface area (Å²) in [4.78, 5) is 4.71. The zero-order valence-electron chi connectivity index (χ0n) is 22.1. The summed E-state index contributed by atoms with van der Waals surface area (Å²) in [6.45, 7) is 2.58.